The summed E-state index contributed by atoms with van der Waals surface area (Å²) >= 11 is 2.82. The van der Waals surface area contributed by atoms with Gasteiger partial charge in [-0.3, -0.25) is 14.0 Å². The van der Waals surface area contributed by atoms with Crippen molar-refractivity contribution in [3.63, 3.8) is 0 Å². The lowest BCUT2D eigenvalue weighted by atomic mass is 10.1. The third kappa shape index (κ3) is 3.89. The van der Waals surface area contributed by atoms with E-state index in [2.05, 4.69) is 10.3 Å². The molecule has 0 atom stereocenters. The molecule has 0 fully saturated rings. The standard InChI is InChI=1S/C22H19N3O4S2/c1-28-13-8-9-18(29-2)14(10-13)17-12-31-22-23-11-15(21(27)25(17)22)20(26)24-16-6-4-5-7-19(16)30-3/h4-12H,1-3H3,(H,24,26). The third-order valence-corrected chi connectivity index (χ3v) is 6.36. The van der Waals surface area contributed by atoms with Gasteiger partial charge in [-0.05, 0) is 36.6 Å². The summed E-state index contributed by atoms with van der Waals surface area (Å²) in [5.41, 5.74) is 1.39. The number of fused-ring (bicyclic) bond motifs is 1. The number of carbonyl (C=O) groups excluding carboxylic acids is 1. The molecule has 0 aliphatic heterocycles. The van der Waals surface area contributed by atoms with Crippen molar-refractivity contribution in [1.82, 2.24) is 9.38 Å². The second-order valence-electron chi connectivity index (χ2n) is 6.44. The highest BCUT2D eigenvalue weighted by Gasteiger charge is 2.20. The van der Waals surface area contributed by atoms with Crippen molar-refractivity contribution < 1.29 is 14.3 Å². The Labute approximate surface area is 186 Å². The second-order valence-corrected chi connectivity index (χ2v) is 8.12. The number of nitrogens with zero attached hydrogens (tertiary/aromatic N) is 2. The van der Waals surface area contributed by atoms with Crippen LogP contribution in [0.2, 0.25) is 0 Å². The van der Waals surface area contributed by atoms with Crippen LogP contribution < -0.4 is 20.3 Å². The molecule has 0 saturated carbocycles. The summed E-state index contributed by atoms with van der Waals surface area (Å²) in [6.07, 6.45) is 3.24. The van der Waals surface area contributed by atoms with Gasteiger partial charge in [-0.25, -0.2) is 4.98 Å². The Morgan fingerprint density at radius 2 is 1.97 bits per heavy atom. The molecular formula is C22H19N3O4S2. The molecule has 158 valence electrons. The Kier molecular flexibility index (Phi) is 5.97. The Hall–Kier alpha value is -3.30. The molecule has 31 heavy (non-hydrogen) atoms. The van der Waals surface area contributed by atoms with Gasteiger partial charge < -0.3 is 14.8 Å². The quantitative estimate of drug-likeness (QED) is 0.436. The number of thiazole rings is 1. The first-order valence-corrected chi connectivity index (χ1v) is 11.3. The molecule has 2 aromatic heterocycles. The van der Waals surface area contributed by atoms with Crippen molar-refractivity contribution >= 4 is 39.7 Å². The minimum atomic E-state index is -0.511. The summed E-state index contributed by atoms with van der Waals surface area (Å²) in [5, 5.41) is 4.63. The number of anilines is 1. The summed E-state index contributed by atoms with van der Waals surface area (Å²) in [5.74, 6) is 0.693. The first-order chi connectivity index (χ1) is 15.1. The van der Waals surface area contributed by atoms with Gasteiger partial charge in [0.2, 0.25) is 0 Å². The van der Waals surface area contributed by atoms with E-state index >= 15 is 0 Å². The van der Waals surface area contributed by atoms with Gasteiger partial charge in [0.15, 0.2) is 4.96 Å². The number of methoxy groups -OCH3 is 2. The lowest BCUT2D eigenvalue weighted by Crippen LogP contribution is -2.26. The molecule has 0 aliphatic rings. The van der Waals surface area contributed by atoms with Crippen LogP contribution in [0.15, 0.2) is 63.7 Å². The number of carbonyl (C=O) groups is 1. The summed E-state index contributed by atoms with van der Waals surface area (Å²) in [6, 6.07) is 12.8. The van der Waals surface area contributed by atoms with E-state index in [-0.39, 0.29) is 5.56 Å². The number of ether oxygens (including phenoxy) is 2. The zero-order valence-corrected chi connectivity index (χ0v) is 18.7. The van der Waals surface area contributed by atoms with E-state index in [1.165, 1.54) is 33.7 Å². The number of rotatable bonds is 6. The number of amides is 1. The Balaban J connectivity index is 1.82. The van der Waals surface area contributed by atoms with Crippen molar-refractivity contribution in [2.24, 2.45) is 0 Å². The highest BCUT2D eigenvalue weighted by atomic mass is 32.2. The van der Waals surface area contributed by atoms with Crippen LogP contribution >= 0.6 is 23.1 Å². The van der Waals surface area contributed by atoms with E-state index < -0.39 is 11.5 Å². The van der Waals surface area contributed by atoms with Crippen LogP contribution in [0, 0.1) is 0 Å². The van der Waals surface area contributed by atoms with Crippen LogP contribution in [0.4, 0.5) is 5.69 Å². The van der Waals surface area contributed by atoms with Gasteiger partial charge in [-0.2, -0.15) is 0 Å². The van der Waals surface area contributed by atoms with Gasteiger partial charge in [0.25, 0.3) is 11.5 Å². The molecule has 0 spiro atoms. The molecule has 7 nitrogen and oxygen atoms in total. The maximum atomic E-state index is 13.3. The zero-order chi connectivity index (χ0) is 22.0. The lowest BCUT2D eigenvalue weighted by molar-refractivity contribution is 0.102. The van der Waals surface area contributed by atoms with Crippen LogP contribution in [0.25, 0.3) is 16.2 Å². The molecule has 0 saturated heterocycles. The summed E-state index contributed by atoms with van der Waals surface area (Å²) in [4.78, 5) is 32.0. The van der Waals surface area contributed by atoms with Gasteiger partial charge in [-0.1, -0.05) is 12.1 Å². The molecular weight excluding hydrogens is 434 g/mol. The number of thioether (sulfide) groups is 1. The van der Waals surface area contributed by atoms with E-state index in [0.717, 1.165) is 4.90 Å². The molecule has 0 radical (unpaired) electrons. The van der Waals surface area contributed by atoms with E-state index in [4.69, 9.17) is 9.47 Å². The van der Waals surface area contributed by atoms with E-state index in [1.54, 1.807) is 38.5 Å². The number of hydrogen-bond donors (Lipinski definition) is 1. The van der Waals surface area contributed by atoms with E-state index in [9.17, 15) is 9.59 Å². The average molecular weight is 454 g/mol. The maximum absolute atomic E-state index is 13.3. The topological polar surface area (TPSA) is 81.9 Å². The van der Waals surface area contributed by atoms with Crippen LogP contribution in [-0.4, -0.2) is 35.8 Å². The van der Waals surface area contributed by atoms with Crippen molar-refractivity contribution in [2.75, 3.05) is 25.8 Å². The van der Waals surface area contributed by atoms with E-state index in [0.29, 0.717) is 33.4 Å². The zero-order valence-electron chi connectivity index (χ0n) is 17.0. The fourth-order valence-corrected chi connectivity index (χ4v) is 4.59. The Morgan fingerprint density at radius 1 is 1.16 bits per heavy atom. The van der Waals surface area contributed by atoms with Crippen molar-refractivity contribution in [2.45, 2.75) is 4.90 Å². The minimum Gasteiger partial charge on any atom is -0.497 e. The fraction of sp³-hybridized carbons (Fsp3) is 0.136. The van der Waals surface area contributed by atoms with Crippen LogP contribution in [0.3, 0.4) is 0 Å². The van der Waals surface area contributed by atoms with Gasteiger partial charge in [0.05, 0.1) is 25.6 Å². The highest BCUT2D eigenvalue weighted by molar-refractivity contribution is 7.98. The number of benzene rings is 2. The number of aromatic nitrogens is 2. The van der Waals surface area contributed by atoms with Crippen molar-refractivity contribution in [1.29, 1.82) is 0 Å². The molecule has 4 rings (SSSR count). The summed E-state index contributed by atoms with van der Waals surface area (Å²) in [6.45, 7) is 0. The molecule has 1 N–H and O–H groups in total. The fourth-order valence-electron chi connectivity index (χ4n) is 3.19. The van der Waals surface area contributed by atoms with Crippen LogP contribution in [0.5, 0.6) is 11.5 Å². The largest absolute Gasteiger partial charge is 0.497 e. The number of hydrogen-bond acceptors (Lipinski definition) is 7. The Morgan fingerprint density at radius 3 is 2.71 bits per heavy atom. The lowest BCUT2D eigenvalue weighted by Gasteiger charge is -2.11. The van der Waals surface area contributed by atoms with Crippen LogP contribution in [-0.2, 0) is 0 Å². The Bertz CT molecular complexity index is 1330. The summed E-state index contributed by atoms with van der Waals surface area (Å²) < 4.78 is 12.2. The van der Waals surface area contributed by atoms with Crippen molar-refractivity contribution in [3.05, 3.63) is 70.0 Å². The molecule has 9 heteroatoms. The normalized spacial score (nSPS) is 10.8. The van der Waals surface area contributed by atoms with Gasteiger partial charge in [0, 0.05) is 22.0 Å². The molecule has 0 aliphatic carbocycles. The maximum Gasteiger partial charge on any atom is 0.271 e. The van der Waals surface area contributed by atoms with E-state index in [1.807, 2.05) is 29.8 Å². The monoisotopic (exact) mass is 453 g/mol. The van der Waals surface area contributed by atoms with Crippen LogP contribution in [0.1, 0.15) is 10.4 Å². The SMILES string of the molecule is COc1ccc(OC)c(-c2csc3ncc(C(=O)Nc4ccccc4SC)c(=O)n23)c1. The molecule has 2 aromatic carbocycles. The third-order valence-electron chi connectivity index (χ3n) is 4.73. The van der Waals surface area contributed by atoms with Gasteiger partial charge >= 0.3 is 0 Å². The molecule has 2 heterocycles. The van der Waals surface area contributed by atoms with Crippen molar-refractivity contribution in [3.8, 4) is 22.8 Å². The predicted molar refractivity (Wildman–Crippen MR) is 124 cm³/mol. The highest BCUT2D eigenvalue weighted by Crippen LogP contribution is 2.35. The van der Waals surface area contributed by atoms with Gasteiger partial charge in [0.1, 0.15) is 17.1 Å². The molecule has 0 unspecified atom stereocenters. The summed E-state index contributed by atoms with van der Waals surface area (Å²) in [7, 11) is 3.13. The number of nitrogens with one attached hydrogen (secondary N) is 1. The average Bonchev–Trinajstić information content (AvgIpc) is 3.24. The first kappa shape index (κ1) is 21.0. The predicted octanol–water partition coefficient (Wildman–Crippen LogP) is 4.41. The van der Waals surface area contributed by atoms with Gasteiger partial charge in [-0.15, -0.1) is 23.1 Å². The first-order valence-electron chi connectivity index (χ1n) is 9.23. The smallest absolute Gasteiger partial charge is 0.271 e. The molecule has 0 bridgehead atoms. The minimum absolute atomic E-state index is 0.0464. The molecule has 4 aromatic rings. The number of para-hydroxylation sites is 1. The second kappa shape index (κ2) is 8.83. The molecule has 1 amide bonds.